The highest BCUT2D eigenvalue weighted by atomic mass is 35.5. The van der Waals surface area contributed by atoms with Gasteiger partial charge >= 0.3 is 0 Å². The van der Waals surface area contributed by atoms with Crippen LogP contribution < -0.4 is 10.1 Å². The Morgan fingerprint density at radius 1 is 1.28 bits per heavy atom. The van der Waals surface area contributed by atoms with Gasteiger partial charge in [0.05, 0.1) is 30.3 Å². The van der Waals surface area contributed by atoms with Crippen molar-refractivity contribution in [2.75, 3.05) is 12.4 Å². The molecule has 1 heterocycles. The van der Waals surface area contributed by atoms with E-state index in [9.17, 15) is 9.18 Å². The van der Waals surface area contributed by atoms with Crippen molar-refractivity contribution in [1.82, 2.24) is 9.78 Å². The molecule has 1 aromatic heterocycles. The number of benzene rings is 2. The number of amides is 1. The molecule has 0 saturated heterocycles. The van der Waals surface area contributed by atoms with Gasteiger partial charge in [-0.25, -0.2) is 9.07 Å². The number of nitrogens with zero attached hydrogens (tertiary/aromatic N) is 2. The van der Waals surface area contributed by atoms with Crippen LogP contribution in [0.3, 0.4) is 0 Å². The smallest absolute Gasteiger partial charge is 0.259 e. The fraction of sp³-hybridized carbons (Fsp3) is 0.111. The van der Waals surface area contributed by atoms with Gasteiger partial charge in [0.25, 0.3) is 5.91 Å². The number of halogens is 2. The van der Waals surface area contributed by atoms with Crippen molar-refractivity contribution in [2.24, 2.45) is 0 Å². The number of carbonyl (C=O) groups is 1. The van der Waals surface area contributed by atoms with Crippen LogP contribution in [0.4, 0.5) is 10.1 Å². The molecule has 0 aliphatic heterocycles. The molecule has 1 amide bonds. The van der Waals surface area contributed by atoms with Crippen molar-refractivity contribution in [3.05, 3.63) is 70.8 Å². The zero-order chi connectivity index (χ0) is 18.0. The van der Waals surface area contributed by atoms with E-state index in [1.807, 2.05) is 6.07 Å². The number of carbonyl (C=O) groups excluding carboxylic acids is 1. The van der Waals surface area contributed by atoms with Crippen molar-refractivity contribution in [2.45, 2.75) is 6.92 Å². The van der Waals surface area contributed by atoms with Gasteiger partial charge in [0.15, 0.2) is 11.6 Å². The first-order valence-corrected chi connectivity index (χ1v) is 7.83. The third kappa shape index (κ3) is 3.49. The molecule has 128 valence electrons. The zero-order valence-electron chi connectivity index (χ0n) is 13.6. The van der Waals surface area contributed by atoms with Gasteiger partial charge in [-0.15, -0.1) is 0 Å². The first-order chi connectivity index (χ1) is 12.0. The van der Waals surface area contributed by atoms with Crippen molar-refractivity contribution in [1.29, 1.82) is 0 Å². The maximum Gasteiger partial charge on any atom is 0.259 e. The van der Waals surface area contributed by atoms with Gasteiger partial charge in [-0.2, -0.15) is 5.10 Å². The van der Waals surface area contributed by atoms with Gasteiger partial charge in [0, 0.05) is 16.8 Å². The van der Waals surface area contributed by atoms with Crippen LogP contribution in [0.2, 0.25) is 5.02 Å². The summed E-state index contributed by atoms with van der Waals surface area (Å²) in [7, 11) is 1.38. The van der Waals surface area contributed by atoms with E-state index in [1.165, 1.54) is 25.4 Å². The largest absolute Gasteiger partial charge is 0.494 e. The lowest BCUT2D eigenvalue weighted by molar-refractivity contribution is 0.102. The Morgan fingerprint density at radius 2 is 2.08 bits per heavy atom. The predicted molar refractivity (Wildman–Crippen MR) is 94.2 cm³/mol. The Morgan fingerprint density at radius 3 is 2.76 bits per heavy atom. The minimum absolute atomic E-state index is 0.114. The van der Waals surface area contributed by atoms with E-state index in [4.69, 9.17) is 16.3 Å². The SMILES string of the molecule is COc1ccc(NC(=O)c2cnn(-c3cccc(Cl)c3)c2C)cc1F. The highest BCUT2D eigenvalue weighted by molar-refractivity contribution is 6.30. The summed E-state index contributed by atoms with van der Waals surface area (Å²) in [5.41, 5.74) is 2.11. The number of methoxy groups -OCH3 is 1. The van der Waals surface area contributed by atoms with Gasteiger partial charge < -0.3 is 10.1 Å². The van der Waals surface area contributed by atoms with Crippen LogP contribution in [-0.4, -0.2) is 22.8 Å². The number of ether oxygens (including phenoxy) is 1. The summed E-state index contributed by atoms with van der Waals surface area (Å²) in [5.74, 6) is -0.815. The average molecular weight is 360 g/mol. The minimum Gasteiger partial charge on any atom is -0.494 e. The van der Waals surface area contributed by atoms with Crippen LogP contribution in [0, 0.1) is 12.7 Å². The average Bonchev–Trinajstić information content (AvgIpc) is 2.96. The molecule has 2 aromatic carbocycles. The summed E-state index contributed by atoms with van der Waals surface area (Å²) in [6.45, 7) is 1.78. The lowest BCUT2D eigenvalue weighted by Crippen LogP contribution is -2.13. The Hall–Kier alpha value is -2.86. The van der Waals surface area contributed by atoms with E-state index in [0.29, 0.717) is 22.0 Å². The molecule has 25 heavy (non-hydrogen) atoms. The fourth-order valence-corrected chi connectivity index (χ4v) is 2.63. The monoisotopic (exact) mass is 359 g/mol. The normalized spacial score (nSPS) is 10.6. The summed E-state index contributed by atoms with van der Waals surface area (Å²) in [6, 6.07) is 11.4. The van der Waals surface area contributed by atoms with Gasteiger partial charge in [-0.05, 0) is 37.3 Å². The highest BCUT2D eigenvalue weighted by Gasteiger charge is 2.16. The third-order valence-electron chi connectivity index (χ3n) is 3.72. The fourth-order valence-electron chi connectivity index (χ4n) is 2.44. The summed E-state index contributed by atoms with van der Waals surface area (Å²) in [6.07, 6.45) is 1.46. The molecule has 0 atom stereocenters. The summed E-state index contributed by atoms with van der Waals surface area (Å²) >= 11 is 6.00. The van der Waals surface area contributed by atoms with E-state index < -0.39 is 5.82 Å². The van der Waals surface area contributed by atoms with Crippen molar-refractivity contribution >= 4 is 23.2 Å². The lowest BCUT2D eigenvalue weighted by atomic mass is 10.2. The molecule has 0 unspecified atom stereocenters. The first-order valence-electron chi connectivity index (χ1n) is 7.45. The van der Waals surface area contributed by atoms with Gasteiger partial charge in [-0.3, -0.25) is 4.79 Å². The Bertz CT molecular complexity index is 940. The Kier molecular flexibility index (Phi) is 4.72. The Labute approximate surface area is 149 Å². The van der Waals surface area contributed by atoms with Crippen molar-refractivity contribution < 1.29 is 13.9 Å². The van der Waals surface area contributed by atoms with E-state index in [2.05, 4.69) is 10.4 Å². The molecule has 0 saturated carbocycles. The first kappa shape index (κ1) is 17.0. The number of rotatable bonds is 4. The predicted octanol–water partition coefficient (Wildman–Crippen LogP) is 4.23. The lowest BCUT2D eigenvalue weighted by Gasteiger charge is -2.08. The van der Waals surface area contributed by atoms with Crippen LogP contribution in [-0.2, 0) is 0 Å². The molecule has 0 spiro atoms. The van der Waals surface area contributed by atoms with Crippen LogP contribution in [0.25, 0.3) is 5.69 Å². The second kappa shape index (κ2) is 6.94. The van der Waals surface area contributed by atoms with Crippen molar-refractivity contribution in [3.8, 4) is 11.4 Å². The molecule has 0 bridgehead atoms. The van der Waals surface area contributed by atoms with Crippen LogP contribution in [0.15, 0.2) is 48.7 Å². The third-order valence-corrected chi connectivity index (χ3v) is 3.95. The molecule has 3 aromatic rings. The van der Waals surface area contributed by atoms with E-state index in [0.717, 1.165) is 5.69 Å². The van der Waals surface area contributed by atoms with E-state index >= 15 is 0 Å². The molecule has 0 radical (unpaired) electrons. The number of aromatic nitrogens is 2. The summed E-state index contributed by atoms with van der Waals surface area (Å²) in [4.78, 5) is 12.5. The molecule has 7 heteroatoms. The molecule has 0 aliphatic rings. The van der Waals surface area contributed by atoms with Crippen LogP contribution in [0.5, 0.6) is 5.75 Å². The van der Waals surface area contributed by atoms with Gasteiger partial charge in [0.2, 0.25) is 0 Å². The molecular weight excluding hydrogens is 345 g/mol. The second-order valence-corrected chi connectivity index (χ2v) is 5.78. The second-order valence-electron chi connectivity index (χ2n) is 5.34. The minimum atomic E-state index is -0.549. The van der Waals surface area contributed by atoms with Crippen LogP contribution >= 0.6 is 11.6 Å². The molecule has 3 rings (SSSR count). The number of anilines is 1. The van der Waals surface area contributed by atoms with Gasteiger partial charge in [0.1, 0.15) is 0 Å². The standard InChI is InChI=1S/C18H15ClFN3O2/c1-11-15(10-21-23(11)14-5-3-4-12(19)8-14)18(24)22-13-6-7-17(25-2)16(20)9-13/h3-10H,1-2H3,(H,22,24). The topological polar surface area (TPSA) is 56.1 Å². The van der Waals surface area contributed by atoms with E-state index in [1.54, 1.807) is 35.9 Å². The summed E-state index contributed by atoms with van der Waals surface area (Å²) in [5, 5.41) is 7.47. The van der Waals surface area contributed by atoms with Crippen LogP contribution in [0.1, 0.15) is 16.1 Å². The van der Waals surface area contributed by atoms with E-state index in [-0.39, 0.29) is 11.7 Å². The molecular formula is C18H15ClFN3O2. The quantitative estimate of drug-likeness (QED) is 0.758. The number of hydrogen-bond donors (Lipinski definition) is 1. The molecule has 5 nitrogen and oxygen atoms in total. The maximum atomic E-state index is 13.7. The summed E-state index contributed by atoms with van der Waals surface area (Å²) < 4.78 is 20.2. The number of nitrogens with one attached hydrogen (secondary N) is 1. The maximum absolute atomic E-state index is 13.7. The zero-order valence-corrected chi connectivity index (χ0v) is 14.3. The van der Waals surface area contributed by atoms with Crippen molar-refractivity contribution in [3.63, 3.8) is 0 Å². The number of hydrogen-bond acceptors (Lipinski definition) is 3. The molecule has 0 fully saturated rings. The molecule has 1 N–H and O–H groups in total. The Balaban J connectivity index is 1.85. The van der Waals surface area contributed by atoms with Gasteiger partial charge in [-0.1, -0.05) is 17.7 Å². The highest BCUT2D eigenvalue weighted by Crippen LogP contribution is 2.22. The molecule has 0 aliphatic carbocycles.